The molecule has 1 aromatic carbocycles. The van der Waals surface area contributed by atoms with Gasteiger partial charge in [-0.2, -0.15) is 0 Å². The van der Waals surface area contributed by atoms with Crippen LogP contribution in [0.2, 0.25) is 5.02 Å². The molecular weight excluding hydrogens is 256 g/mol. The van der Waals surface area contributed by atoms with Crippen LogP contribution in [-0.4, -0.2) is 24.0 Å². The third-order valence-electron chi connectivity index (χ3n) is 2.90. The molecule has 1 unspecified atom stereocenters. The van der Waals surface area contributed by atoms with Gasteiger partial charge >= 0.3 is 0 Å². The van der Waals surface area contributed by atoms with Crippen LogP contribution in [0.5, 0.6) is 0 Å². The highest BCUT2D eigenvalue weighted by molar-refractivity contribution is 6.30. The van der Waals surface area contributed by atoms with E-state index in [1.807, 2.05) is 36.4 Å². The summed E-state index contributed by atoms with van der Waals surface area (Å²) in [6.07, 6.45) is 5.98. The van der Waals surface area contributed by atoms with Crippen LogP contribution < -0.4 is 0 Å². The normalized spacial score (nSPS) is 13.1. The van der Waals surface area contributed by atoms with Crippen LogP contribution in [0, 0.1) is 0 Å². The average Bonchev–Trinajstić information content (AvgIpc) is 2.42. The minimum atomic E-state index is 0.208. The number of halogens is 1. The lowest BCUT2D eigenvalue weighted by Crippen LogP contribution is -2.17. The number of nitrogens with zero attached hydrogens (tertiary/aromatic N) is 2. The van der Waals surface area contributed by atoms with Crippen LogP contribution in [0.15, 0.2) is 54.7 Å². The highest BCUT2D eigenvalue weighted by Gasteiger charge is 2.10. The third kappa shape index (κ3) is 3.91. The molecule has 0 saturated heterocycles. The van der Waals surface area contributed by atoms with Gasteiger partial charge in [0.15, 0.2) is 0 Å². The average molecular weight is 273 g/mol. The second kappa shape index (κ2) is 6.50. The molecule has 0 saturated carbocycles. The fourth-order valence-electron chi connectivity index (χ4n) is 1.91. The molecule has 98 valence electrons. The first-order valence-electron chi connectivity index (χ1n) is 6.18. The number of benzene rings is 1. The van der Waals surface area contributed by atoms with Crippen molar-refractivity contribution in [1.29, 1.82) is 0 Å². The minimum absolute atomic E-state index is 0.208. The Kier molecular flexibility index (Phi) is 4.72. The Balaban J connectivity index is 2.22. The Labute approximate surface area is 119 Å². The lowest BCUT2D eigenvalue weighted by atomic mass is 10.1. The van der Waals surface area contributed by atoms with Gasteiger partial charge in [-0.25, -0.2) is 0 Å². The van der Waals surface area contributed by atoms with E-state index < -0.39 is 0 Å². The molecule has 0 aliphatic heterocycles. The Hall–Kier alpha value is -1.64. The smallest absolute Gasteiger partial charge is 0.0627 e. The van der Waals surface area contributed by atoms with Gasteiger partial charge in [-0.15, -0.1) is 0 Å². The molecule has 2 rings (SSSR count). The number of hydrogen-bond acceptors (Lipinski definition) is 2. The molecule has 0 N–H and O–H groups in total. The van der Waals surface area contributed by atoms with E-state index in [0.29, 0.717) is 0 Å². The first-order chi connectivity index (χ1) is 9.16. The summed E-state index contributed by atoms with van der Waals surface area (Å²) in [5.74, 6) is 0. The van der Waals surface area contributed by atoms with Crippen LogP contribution in [0.4, 0.5) is 0 Å². The molecule has 19 heavy (non-hydrogen) atoms. The van der Waals surface area contributed by atoms with E-state index in [4.69, 9.17) is 11.6 Å². The monoisotopic (exact) mass is 272 g/mol. The molecule has 0 spiro atoms. The number of aromatic nitrogens is 1. The van der Waals surface area contributed by atoms with E-state index >= 15 is 0 Å². The molecule has 0 aliphatic rings. The molecule has 0 bridgehead atoms. The molecule has 0 aliphatic carbocycles. The zero-order valence-corrected chi connectivity index (χ0v) is 11.9. The molecule has 0 fully saturated rings. The molecular formula is C16H17ClN2. The highest BCUT2D eigenvalue weighted by Crippen LogP contribution is 2.22. The van der Waals surface area contributed by atoms with Gasteiger partial charge in [0.05, 0.1) is 11.7 Å². The lowest BCUT2D eigenvalue weighted by Gasteiger charge is -2.21. The number of likely N-dealkylation sites (N-methyl/N-ethyl adjacent to an activating group) is 1. The topological polar surface area (TPSA) is 16.1 Å². The van der Waals surface area contributed by atoms with Gasteiger partial charge < -0.3 is 0 Å². The van der Waals surface area contributed by atoms with Crippen LogP contribution in [0.1, 0.15) is 17.3 Å². The predicted molar refractivity (Wildman–Crippen MR) is 81.2 cm³/mol. The standard InChI is InChI=1S/C16H17ClN2/c1-19(2)16(13-6-8-14(17)9-7-13)11-10-15-5-3-4-12-18-15/h3-12,16H,1-2H3. The van der Waals surface area contributed by atoms with Crippen molar-refractivity contribution >= 4 is 17.7 Å². The van der Waals surface area contributed by atoms with E-state index in [1.165, 1.54) is 5.56 Å². The minimum Gasteiger partial charge on any atom is -0.299 e. The van der Waals surface area contributed by atoms with Crippen LogP contribution in [-0.2, 0) is 0 Å². The lowest BCUT2D eigenvalue weighted by molar-refractivity contribution is 0.352. The van der Waals surface area contributed by atoms with Crippen molar-refractivity contribution in [3.8, 4) is 0 Å². The fourth-order valence-corrected chi connectivity index (χ4v) is 2.03. The summed E-state index contributed by atoms with van der Waals surface area (Å²) in [6, 6.07) is 14.0. The van der Waals surface area contributed by atoms with Crippen molar-refractivity contribution in [2.75, 3.05) is 14.1 Å². The fraction of sp³-hybridized carbons (Fsp3) is 0.188. The van der Waals surface area contributed by atoms with Gasteiger partial charge in [0.2, 0.25) is 0 Å². The van der Waals surface area contributed by atoms with Crippen molar-refractivity contribution in [1.82, 2.24) is 9.88 Å². The highest BCUT2D eigenvalue weighted by atomic mass is 35.5. The summed E-state index contributed by atoms with van der Waals surface area (Å²) < 4.78 is 0. The Morgan fingerprint density at radius 3 is 2.42 bits per heavy atom. The van der Waals surface area contributed by atoms with Gasteiger partial charge in [0.25, 0.3) is 0 Å². The largest absolute Gasteiger partial charge is 0.299 e. The summed E-state index contributed by atoms with van der Waals surface area (Å²) >= 11 is 5.93. The van der Waals surface area contributed by atoms with E-state index in [2.05, 4.69) is 42.2 Å². The van der Waals surface area contributed by atoms with Crippen molar-refractivity contribution < 1.29 is 0 Å². The Bertz CT molecular complexity index is 532. The van der Waals surface area contributed by atoms with Crippen molar-refractivity contribution in [3.63, 3.8) is 0 Å². The van der Waals surface area contributed by atoms with Crippen molar-refractivity contribution in [2.45, 2.75) is 6.04 Å². The van der Waals surface area contributed by atoms with E-state index in [9.17, 15) is 0 Å². The molecule has 2 aromatic rings. The van der Waals surface area contributed by atoms with E-state index in [1.54, 1.807) is 6.20 Å². The Morgan fingerprint density at radius 2 is 1.84 bits per heavy atom. The van der Waals surface area contributed by atoms with Gasteiger partial charge in [0.1, 0.15) is 0 Å². The molecule has 1 atom stereocenters. The van der Waals surface area contributed by atoms with Crippen LogP contribution >= 0.6 is 11.6 Å². The van der Waals surface area contributed by atoms with Crippen LogP contribution in [0.3, 0.4) is 0 Å². The van der Waals surface area contributed by atoms with Crippen molar-refractivity contribution in [2.24, 2.45) is 0 Å². The Morgan fingerprint density at radius 1 is 1.11 bits per heavy atom. The molecule has 0 radical (unpaired) electrons. The molecule has 1 heterocycles. The zero-order valence-electron chi connectivity index (χ0n) is 11.1. The summed E-state index contributed by atoms with van der Waals surface area (Å²) in [5, 5.41) is 0.759. The van der Waals surface area contributed by atoms with Crippen molar-refractivity contribution in [3.05, 3.63) is 71.0 Å². The third-order valence-corrected chi connectivity index (χ3v) is 3.16. The summed E-state index contributed by atoms with van der Waals surface area (Å²) in [4.78, 5) is 6.45. The summed E-state index contributed by atoms with van der Waals surface area (Å²) in [6.45, 7) is 0. The number of rotatable bonds is 4. The maximum atomic E-state index is 5.93. The van der Waals surface area contributed by atoms with Gasteiger partial charge in [-0.1, -0.05) is 35.9 Å². The number of hydrogen-bond donors (Lipinski definition) is 0. The van der Waals surface area contributed by atoms with Gasteiger partial charge in [0, 0.05) is 11.2 Å². The first-order valence-corrected chi connectivity index (χ1v) is 6.56. The SMILES string of the molecule is CN(C)C(C=Cc1ccccn1)c1ccc(Cl)cc1. The quantitative estimate of drug-likeness (QED) is 0.835. The maximum Gasteiger partial charge on any atom is 0.0627 e. The molecule has 2 nitrogen and oxygen atoms in total. The van der Waals surface area contributed by atoms with Gasteiger partial charge in [-0.05, 0) is 50.0 Å². The second-order valence-corrected chi connectivity index (χ2v) is 5.01. The van der Waals surface area contributed by atoms with Crippen LogP contribution in [0.25, 0.3) is 6.08 Å². The van der Waals surface area contributed by atoms with E-state index in [-0.39, 0.29) is 6.04 Å². The number of pyridine rings is 1. The maximum absolute atomic E-state index is 5.93. The molecule has 1 aromatic heterocycles. The summed E-state index contributed by atoms with van der Waals surface area (Å²) in [5.41, 5.74) is 2.17. The first kappa shape index (κ1) is 13.8. The molecule has 3 heteroatoms. The van der Waals surface area contributed by atoms with E-state index in [0.717, 1.165) is 10.7 Å². The predicted octanol–water partition coefficient (Wildman–Crippen LogP) is 4.05. The van der Waals surface area contributed by atoms with Gasteiger partial charge in [-0.3, -0.25) is 9.88 Å². The second-order valence-electron chi connectivity index (χ2n) is 4.57. The zero-order chi connectivity index (χ0) is 13.7. The molecule has 0 amide bonds. The summed E-state index contributed by atoms with van der Waals surface area (Å²) in [7, 11) is 4.12.